The first-order valence-electron chi connectivity index (χ1n) is 11.2. The van der Waals surface area contributed by atoms with Crippen LogP contribution in [-0.2, 0) is 17.6 Å². The van der Waals surface area contributed by atoms with Gasteiger partial charge in [0.15, 0.2) is 5.78 Å². The number of Topliss-reactive ketones (excluding diaryl/α,β-unsaturated/α-hetero) is 1. The zero-order valence-electron chi connectivity index (χ0n) is 17.6. The largest absolute Gasteiger partial charge is 0.370 e. The summed E-state index contributed by atoms with van der Waals surface area (Å²) in [4.78, 5) is 19.3. The molecule has 4 nitrogen and oxygen atoms in total. The quantitative estimate of drug-likeness (QED) is 0.624. The summed E-state index contributed by atoms with van der Waals surface area (Å²) in [7, 11) is 0. The van der Waals surface area contributed by atoms with Gasteiger partial charge in [0.25, 0.3) is 0 Å². The first-order chi connectivity index (χ1) is 14.2. The molecular weight excluding hydrogens is 358 g/mol. The van der Waals surface area contributed by atoms with Crippen LogP contribution in [0.25, 0.3) is 0 Å². The van der Waals surface area contributed by atoms with Crippen LogP contribution in [0.2, 0.25) is 0 Å². The van der Waals surface area contributed by atoms with Crippen LogP contribution in [-0.4, -0.2) is 35.3 Å². The van der Waals surface area contributed by atoms with Gasteiger partial charge >= 0.3 is 0 Å². The Labute approximate surface area is 174 Å². The summed E-state index contributed by atoms with van der Waals surface area (Å²) in [5.74, 6) is 2.11. The number of benzene rings is 1. The van der Waals surface area contributed by atoms with Gasteiger partial charge in [0.1, 0.15) is 5.82 Å². The molecule has 3 heterocycles. The number of rotatable bonds is 9. The number of hydrogen-bond acceptors (Lipinski definition) is 4. The number of aromatic nitrogens is 1. The van der Waals surface area contributed by atoms with Crippen molar-refractivity contribution in [3.63, 3.8) is 0 Å². The minimum absolute atomic E-state index is 0.0591. The van der Waals surface area contributed by atoms with Crippen molar-refractivity contribution in [1.29, 1.82) is 0 Å². The number of ketones is 1. The average molecular weight is 392 g/mol. The SMILES string of the molecule is CC(=O)[C@H](c1ccccc1)N1CC(CCCCCc2ccc3c(n2)NCCC3)C1. The summed E-state index contributed by atoms with van der Waals surface area (Å²) in [6.07, 6.45) is 8.47. The van der Waals surface area contributed by atoms with Crippen LogP contribution in [0.15, 0.2) is 42.5 Å². The molecule has 1 aromatic carbocycles. The minimum Gasteiger partial charge on any atom is -0.370 e. The van der Waals surface area contributed by atoms with Gasteiger partial charge in [-0.05, 0) is 62.1 Å². The smallest absolute Gasteiger partial charge is 0.151 e. The van der Waals surface area contributed by atoms with Gasteiger partial charge in [-0.1, -0.05) is 49.2 Å². The molecule has 0 saturated carbocycles. The lowest BCUT2D eigenvalue weighted by Gasteiger charge is -2.43. The van der Waals surface area contributed by atoms with Crippen molar-refractivity contribution >= 4 is 11.6 Å². The van der Waals surface area contributed by atoms with Gasteiger partial charge in [-0.2, -0.15) is 0 Å². The molecule has 2 aliphatic heterocycles. The molecule has 0 amide bonds. The Morgan fingerprint density at radius 3 is 2.76 bits per heavy atom. The van der Waals surface area contributed by atoms with Gasteiger partial charge in [-0.25, -0.2) is 4.98 Å². The van der Waals surface area contributed by atoms with E-state index in [4.69, 9.17) is 4.98 Å². The van der Waals surface area contributed by atoms with E-state index in [1.54, 1.807) is 6.92 Å². The van der Waals surface area contributed by atoms with Gasteiger partial charge < -0.3 is 5.32 Å². The monoisotopic (exact) mass is 391 g/mol. The molecular formula is C25H33N3O. The van der Waals surface area contributed by atoms with Crippen molar-refractivity contribution in [1.82, 2.24) is 9.88 Å². The third-order valence-corrected chi connectivity index (χ3v) is 6.35. The summed E-state index contributed by atoms with van der Waals surface area (Å²) in [6.45, 7) is 4.88. The molecule has 0 unspecified atom stereocenters. The number of hydrogen-bond donors (Lipinski definition) is 1. The molecule has 0 bridgehead atoms. The maximum absolute atomic E-state index is 12.2. The predicted molar refractivity (Wildman–Crippen MR) is 118 cm³/mol. The number of carbonyl (C=O) groups excluding carboxylic acids is 1. The van der Waals surface area contributed by atoms with Crippen molar-refractivity contribution in [2.75, 3.05) is 25.0 Å². The maximum Gasteiger partial charge on any atom is 0.151 e. The van der Waals surface area contributed by atoms with E-state index in [1.165, 1.54) is 43.4 Å². The van der Waals surface area contributed by atoms with E-state index in [-0.39, 0.29) is 11.8 Å². The molecule has 0 aliphatic carbocycles. The summed E-state index contributed by atoms with van der Waals surface area (Å²) in [5.41, 5.74) is 3.72. The number of pyridine rings is 1. The third-order valence-electron chi connectivity index (χ3n) is 6.35. The van der Waals surface area contributed by atoms with Gasteiger partial charge in [-0.15, -0.1) is 0 Å². The molecule has 1 atom stereocenters. The second-order valence-corrected chi connectivity index (χ2v) is 8.68. The van der Waals surface area contributed by atoms with Crippen molar-refractivity contribution < 1.29 is 4.79 Å². The fourth-order valence-electron chi connectivity index (χ4n) is 4.77. The summed E-state index contributed by atoms with van der Waals surface area (Å²) in [5, 5.41) is 3.43. The molecule has 0 spiro atoms. The van der Waals surface area contributed by atoms with Gasteiger partial charge in [0.05, 0.1) is 6.04 Å². The molecule has 2 aliphatic rings. The van der Waals surface area contributed by atoms with Crippen molar-refractivity contribution in [3.8, 4) is 0 Å². The van der Waals surface area contributed by atoms with Crippen molar-refractivity contribution in [2.24, 2.45) is 5.92 Å². The van der Waals surface area contributed by atoms with E-state index in [0.717, 1.165) is 49.8 Å². The Morgan fingerprint density at radius 2 is 1.97 bits per heavy atom. The third kappa shape index (κ3) is 5.05. The molecule has 2 aromatic rings. The highest BCUT2D eigenvalue weighted by atomic mass is 16.1. The zero-order valence-corrected chi connectivity index (χ0v) is 17.6. The van der Waals surface area contributed by atoms with E-state index in [2.05, 4.69) is 34.5 Å². The fourth-order valence-corrected chi connectivity index (χ4v) is 4.77. The first-order valence-corrected chi connectivity index (χ1v) is 11.2. The Kier molecular flexibility index (Phi) is 6.60. The van der Waals surface area contributed by atoms with Crippen LogP contribution < -0.4 is 5.32 Å². The van der Waals surface area contributed by atoms with Crippen LogP contribution >= 0.6 is 0 Å². The van der Waals surface area contributed by atoms with E-state index in [0.29, 0.717) is 0 Å². The molecule has 4 heteroatoms. The normalized spacial score (nSPS) is 17.8. The molecule has 1 N–H and O–H groups in total. The Morgan fingerprint density at radius 1 is 1.14 bits per heavy atom. The van der Waals surface area contributed by atoms with Crippen LogP contribution in [0.3, 0.4) is 0 Å². The van der Waals surface area contributed by atoms with Crippen LogP contribution in [0.4, 0.5) is 5.82 Å². The molecule has 29 heavy (non-hydrogen) atoms. The Balaban J connectivity index is 1.15. The fraction of sp³-hybridized carbons (Fsp3) is 0.520. The Hall–Kier alpha value is -2.20. The molecule has 1 fully saturated rings. The summed E-state index contributed by atoms with van der Waals surface area (Å²) in [6, 6.07) is 14.6. The highest BCUT2D eigenvalue weighted by Gasteiger charge is 2.34. The number of fused-ring (bicyclic) bond motifs is 1. The van der Waals surface area contributed by atoms with Crippen LogP contribution in [0.1, 0.15) is 61.9 Å². The second-order valence-electron chi connectivity index (χ2n) is 8.68. The minimum atomic E-state index is -0.0591. The van der Waals surface area contributed by atoms with Crippen molar-refractivity contribution in [2.45, 2.75) is 57.9 Å². The molecule has 1 saturated heterocycles. The number of likely N-dealkylation sites (tertiary alicyclic amines) is 1. The zero-order chi connectivity index (χ0) is 20.1. The van der Waals surface area contributed by atoms with Crippen molar-refractivity contribution in [3.05, 3.63) is 59.3 Å². The van der Waals surface area contributed by atoms with E-state index >= 15 is 0 Å². The second kappa shape index (κ2) is 9.53. The molecule has 4 rings (SSSR count). The topological polar surface area (TPSA) is 45.2 Å². The summed E-state index contributed by atoms with van der Waals surface area (Å²) >= 11 is 0. The number of nitrogens with one attached hydrogen (secondary N) is 1. The number of carbonyl (C=O) groups is 1. The lowest BCUT2D eigenvalue weighted by molar-refractivity contribution is -0.125. The first kappa shape index (κ1) is 20.1. The van der Waals surface area contributed by atoms with E-state index < -0.39 is 0 Å². The van der Waals surface area contributed by atoms with Gasteiger partial charge in [0.2, 0.25) is 0 Å². The average Bonchev–Trinajstić information content (AvgIpc) is 2.71. The van der Waals surface area contributed by atoms with E-state index in [9.17, 15) is 4.79 Å². The lowest BCUT2D eigenvalue weighted by Crippen LogP contribution is -2.50. The standard InChI is InChI=1S/C25H33N3O/c1-19(29)24(21-10-5-3-6-11-21)28-17-20(18-28)9-4-2-7-13-23-15-14-22-12-8-16-26-25(22)27-23/h3,5-6,10-11,14-15,20,24H,2,4,7-9,12-13,16-18H2,1H3,(H,26,27)/t24-/m1/s1. The number of nitrogens with zero attached hydrogens (tertiary/aromatic N) is 2. The summed E-state index contributed by atoms with van der Waals surface area (Å²) < 4.78 is 0. The van der Waals surface area contributed by atoms with Crippen LogP contribution in [0, 0.1) is 5.92 Å². The number of aryl methyl sites for hydroxylation is 2. The molecule has 154 valence electrons. The molecule has 1 aromatic heterocycles. The maximum atomic E-state index is 12.2. The van der Waals surface area contributed by atoms with E-state index in [1.807, 2.05) is 18.2 Å². The van der Waals surface area contributed by atoms with Gasteiger partial charge in [0, 0.05) is 25.3 Å². The Bertz CT molecular complexity index is 814. The number of anilines is 1. The molecule has 0 radical (unpaired) electrons. The highest BCUT2D eigenvalue weighted by molar-refractivity contribution is 5.83. The number of unbranched alkanes of at least 4 members (excludes halogenated alkanes) is 2. The van der Waals surface area contributed by atoms with Gasteiger partial charge in [-0.3, -0.25) is 9.69 Å². The predicted octanol–water partition coefficient (Wildman–Crippen LogP) is 4.80. The highest BCUT2D eigenvalue weighted by Crippen LogP contribution is 2.32. The van der Waals surface area contributed by atoms with Crippen LogP contribution in [0.5, 0.6) is 0 Å². The lowest BCUT2D eigenvalue weighted by atomic mass is 9.89.